The van der Waals surface area contributed by atoms with E-state index in [0.29, 0.717) is 0 Å². The molecule has 0 saturated carbocycles. The smallest absolute Gasteiger partial charge is 0.317 e. The van der Waals surface area contributed by atoms with Crippen molar-refractivity contribution in [1.82, 2.24) is 10.6 Å². The average molecular weight is 260 g/mol. The molecule has 0 radical (unpaired) electrons. The highest BCUT2D eigenvalue weighted by atomic mass is 32.1. The van der Waals surface area contributed by atoms with Crippen LogP contribution in [-0.4, -0.2) is 46.6 Å². The third kappa shape index (κ3) is 40.5. The Balaban J connectivity index is 0. The van der Waals surface area contributed by atoms with E-state index in [9.17, 15) is 0 Å². The van der Waals surface area contributed by atoms with Crippen molar-refractivity contribution in [1.29, 1.82) is 0 Å². The van der Waals surface area contributed by atoms with E-state index in [1.807, 2.05) is 0 Å². The van der Waals surface area contributed by atoms with Crippen molar-refractivity contribution in [2.75, 3.05) is 31.9 Å². The lowest BCUT2D eigenvalue weighted by Crippen LogP contribution is -2.22. The predicted molar refractivity (Wildman–Crippen MR) is 64.1 cm³/mol. The molecule has 0 aromatic rings. The van der Waals surface area contributed by atoms with E-state index in [0.717, 1.165) is 31.9 Å². The van der Waals surface area contributed by atoms with Crippen LogP contribution in [0.4, 0.5) is 0 Å². The summed E-state index contributed by atoms with van der Waals surface area (Å²) in [7, 11) is -4.64. The quantitative estimate of drug-likeness (QED) is 0.211. The molecule has 5 N–H and O–H groups in total. The molecule has 0 aliphatic rings. The normalized spacial score (nSPS) is 10.7. The maximum absolute atomic E-state index is 8.88. The van der Waals surface area contributed by atoms with Gasteiger partial charge in [-0.3, -0.25) is 0 Å². The van der Waals surface area contributed by atoms with Crippen LogP contribution in [0.2, 0.25) is 0 Å². The van der Waals surface area contributed by atoms with Crippen LogP contribution in [-0.2, 0) is 4.57 Å². The van der Waals surface area contributed by atoms with Gasteiger partial charge in [0, 0.05) is 12.3 Å². The molecule has 0 saturated heterocycles. The van der Waals surface area contributed by atoms with Gasteiger partial charge in [-0.15, -0.1) is 0 Å². The van der Waals surface area contributed by atoms with Crippen LogP contribution >= 0.6 is 20.5 Å². The summed E-state index contributed by atoms with van der Waals surface area (Å²) in [5, 5.41) is 6.54. The zero-order valence-electron chi connectivity index (χ0n) is 8.89. The molecular weight excluding hydrogens is 239 g/mol. The predicted octanol–water partition coefficient (Wildman–Crippen LogP) is -0.423. The Morgan fingerprint density at radius 3 is 2.00 bits per heavy atom. The Morgan fingerprint density at radius 1 is 1.13 bits per heavy atom. The van der Waals surface area contributed by atoms with Gasteiger partial charge in [0.15, 0.2) is 0 Å². The van der Waals surface area contributed by atoms with Crippen LogP contribution in [0.5, 0.6) is 0 Å². The average Bonchev–Trinajstić information content (AvgIpc) is 2.08. The highest BCUT2D eigenvalue weighted by Gasteiger charge is 2.00. The van der Waals surface area contributed by atoms with Crippen molar-refractivity contribution in [2.45, 2.75) is 13.3 Å². The third-order valence-corrected chi connectivity index (χ3v) is 1.47. The molecule has 0 amide bonds. The fourth-order valence-corrected chi connectivity index (χ4v) is 0.877. The monoisotopic (exact) mass is 260 g/mol. The van der Waals surface area contributed by atoms with Crippen molar-refractivity contribution >= 4 is 20.5 Å². The molecule has 0 aromatic carbocycles. The number of thiol groups is 1. The summed E-state index contributed by atoms with van der Waals surface area (Å²) in [6, 6.07) is 0. The van der Waals surface area contributed by atoms with E-state index in [2.05, 4.69) is 30.2 Å². The van der Waals surface area contributed by atoms with Crippen LogP contribution in [0.3, 0.4) is 0 Å². The van der Waals surface area contributed by atoms with Gasteiger partial charge in [0.25, 0.3) is 0 Å². The molecule has 0 spiro atoms. The molecule has 0 aliphatic carbocycles. The molecule has 0 atom stereocenters. The molecule has 15 heavy (non-hydrogen) atoms. The van der Waals surface area contributed by atoms with Crippen LogP contribution in [0.1, 0.15) is 13.3 Å². The van der Waals surface area contributed by atoms with Crippen LogP contribution in [0.25, 0.3) is 0 Å². The van der Waals surface area contributed by atoms with Gasteiger partial charge in [-0.2, -0.15) is 12.6 Å². The van der Waals surface area contributed by atoms with Gasteiger partial charge in [-0.25, -0.2) is 4.57 Å². The van der Waals surface area contributed by atoms with Crippen LogP contribution in [0.15, 0.2) is 0 Å². The minimum atomic E-state index is -4.64. The van der Waals surface area contributed by atoms with Crippen LogP contribution < -0.4 is 10.6 Å². The number of rotatable bonds is 7. The Kier molecular flexibility index (Phi) is 14.7. The van der Waals surface area contributed by atoms with Crippen molar-refractivity contribution < 1.29 is 19.2 Å². The van der Waals surface area contributed by atoms with E-state index >= 15 is 0 Å². The highest BCUT2D eigenvalue weighted by molar-refractivity contribution is 7.80. The molecule has 0 heterocycles. The third-order valence-electron chi connectivity index (χ3n) is 1.25. The lowest BCUT2D eigenvalue weighted by atomic mass is 10.4. The van der Waals surface area contributed by atoms with Gasteiger partial charge in [0.1, 0.15) is 0 Å². The summed E-state index contributed by atoms with van der Waals surface area (Å²) in [6.07, 6.45) is 1.21. The largest absolute Gasteiger partial charge is 0.466 e. The molecule has 8 heteroatoms. The van der Waals surface area contributed by atoms with Gasteiger partial charge in [0.2, 0.25) is 0 Å². The van der Waals surface area contributed by atoms with E-state index in [1.54, 1.807) is 0 Å². The lowest BCUT2D eigenvalue weighted by molar-refractivity contribution is 0.275. The number of hydrogen-bond acceptors (Lipinski definition) is 4. The molecule has 0 bridgehead atoms. The van der Waals surface area contributed by atoms with Crippen molar-refractivity contribution in [3.05, 3.63) is 0 Å². The first-order valence-corrected chi connectivity index (χ1v) is 6.92. The summed E-state index contributed by atoms with van der Waals surface area (Å²) >= 11 is 4.09. The minimum Gasteiger partial charge on any atom is -0.317 e. The molecule has 0 fully saturated rings. The van der Waals surface area contributed by atoms with Gasteiger partial charge in [-0.1, -0.05) is 6.92 Å². The molecule has 94 valence electrons. The van der Waals surface area contributed by atoms with E-state index in [4.69, 9.17) is 19.2 Å². The molecule has 0 rings (SSSR count). The molecule has 6 nitrogen and oxygen atoms in total. The first kappa shape index (κ1) is 17.8. The summed E-state index contributed by atoms with van der Waals surface area (Å²) in [4.78, 5) is 21.6. The van der Waals surface area contributed by atoms with E-state index in [1.165, 1.54) is 6.42 Å². The Labute approximate surface area is 96.1 Å². The first-order valence-electron chi connectivity index (χ1n) is 4.72. The standard InChI is InChI=1S/C7H18N2S.H3O4P/c1-2-8-4-3-5-9-6-7-10;1-5(2,3)4/h8-10H,2-7H2,1H3;(H3,1,2,3,4). The summed E-state index contributed by atoms with van der Waals surface area (Å²) in [5.74, 6) is 0.932. The molecule has 0 unspecified atom stereocenters. The van der Waals surface area contributed by atoms with Gasteiger partial charge < -0.3 is 25.3 Å². The fraction of sp³-hybridized carbons (Fsp3) is 1.00. The Morgan fingerprint density at radius 2 is 1.60 bits per heavy atom. The molecule has 0 aromatic heterocycles. The summed E-state index contributed by atoms with van der Waals surface area (Å²) in [5.41, 5.74) is 0. The Hall–Kier alpha value is 0.380. The maximum Gasteiger partial charge on any atom is 0.466 e. The minimum absolute atomic E-state index is 0.932. The van der Waals surface area contributed by atoms with E-state index in [-0.39, 0.29) is 0 Å². The zero-order valence-corrected chi connectivity index (χ0v) is 10.7. The topological polar surface area (TPSA) is 102 Å². The second-order valence-electron chi connectivity index (χ2n) is 2.69. The summed E-state index contributed by atoms with van der Waals surface area (Å²) < 4.78 is 8.88. The second kappa shape index (κ2) is 12.4. The number of hydrogen-bond donors (Lipinski definition) is 6. The van der Waals surface area contributed by atoms with Crippen molar-refractivity contribution in [3.8, 4) is 0 Å². The second-order valence-corrected chi connectivity index (χ2v) is 4.17. The Bertz CT molecular complexity index is 151. The van der Waals surface area contributed by atoms with Gasteiger partial charge in [-0.05, 0) is 26.1 Å². The van der Waals surface area contributed by atoms with Crippen molar-refractivity contribution in [3.63, 3.8) is 0 Å². The number of phosphoric acid groups is 1. The first-order chi connectivity index (χ1) is 6.91. The molecule has 0 aliphatic heterocycles. The lowest BCUT2D eigenvalue weighted by Gasteiger charge is -2.02. The SMILES string of the molecule is CCNCCCNCCS.O=P(O)(O)O. The number of nitrogens with one attached hydrogen (secondary N) is 2. The van der Waals surface area contributed by atoms with Gasteiger partial charge in [0.05, 0.1) is 0 Å². The van der Waals surface area contributed by atoms with Crippen LogP contribution in [0, 0.1) is 0 Å². The van der Waals surface area contributed by atoms with Crippen molar-refractivity contribution in [2.24, 2.45) is 0 Å². The highest BCUT2D eigenvalue weighted by Crippen LogP contribution is 2.25. The summed E-state index contributed by atoms with van der Waals surface area (Å²) in [6.45, 7) is 6.45. The fourth-order valence-electron chi connectivity index (χ4n) is 0.719. The zero-order chi connectivity index (χ0) is 12.2. The van der Waals surface area contributed by atoms with Gasteiger partial charge >= 0.3 is 7.82 Å². The maximum atomic E-state index is 8.88. The molecular formula is C7H21N2O4PS. The van der Waals surface area contributed by atoms with E-state index < -0.39 is 7.82 Å².